The van der Waals surface area contributed by atoms with Gasteiger partial charge in [-0.3, -0.25) is 4.90 Å². The zero-order chi connectivity index (χ0) is 11.7. The number of rotatable bonds is 2. The Morgan fingerprint density at radius 1 is 1.44 bits per heavy atom. The minimum absolute atomic E-state index is 0.684. The number of hydrogen-bond acceptors (Lipinski definition) is 2. The van der Waals surface area contributed by atoms with Gasteiger partial charge in [0.15, 0.2) is 0 Å². The fourth-order valence-electron chi connectivity index (χ4n) is 2.55. The van der Waals surface area contributed by atoms with Gasteiger partial charge in [0.2, 0.25) is 0 Å². The molecule has 2 rings (SSSR count). The highest BCUT2D eigenvalue weighted by Crippen LogP contribution is 2.29. The normalized spacial score (nSPS) is 26.2. The van der Waals surface area contributed by atoms with Crippen molar-refractivity contribution in [1.29, 1.82) is 0 Å². The maximum absolute atomic E-state index is 5.89. The molecule has 1 aliphatic heterocycles. The first-order valence-corrected chi connectivity index (χ1v) is 6.64. The topological polar surface area (TPSA) is 29.3 Å². The lowest BCUT2D eigenvalue weighted by atomic mass is 10.1. The van der Waals surface area contributed by atoms with Gasteiger partial charge in [-0.15, -0.1) is 0 Å². The third kappa shape index (κ3) is 2.41. The van der Waals surface area contributed by atoms with Crippen LogP contribution in [0.3, 0.4) is 0 Å². The van der Waals surface area contributed by atoms with Gasteiger partial charge in [-0.25, -0.2) is 0 Å². The summed E-state index contributed by atoms with van der Waals surface area (Å²) in [6, 6.07) is 6.79. The Bertz CT molecular complexity index is 378. The second-order valence-electron chi connectivity index (χ2n) is 4.94. The molecular weight excluding hydrogens is 264 g/mol. The molecular formula is C13H19BrN2. The number of benzene rings is 1. The molecule has 1 aromatic rings. The first-order valence-electron chi connectivity index (χ1n) is 5.85. The van der Waals surface area contributed by atoms with Crippen LogP contribution in [-0.4, -0.2) is 17.5 Å². The quantitative estimate of drug-likeness (QED) is 0.844. The number of hydrogen-bond donors (Lipinski definition) is 1. The Kier molecular flexibility index (Phi) is 3.55. The number of likely N-dealkylation sites (tertiary alicyclic amines) is 1. The van der Waals surface area contributed by atoms with E-state index < -0.39 is 0 Å². The summed E-state index contributed by atoms with van der Waals surface area (Å²) in [5, 5.41) is 0. The van der Waals surface area contributed by atoms with Crippen molar-refractivity contribution in [2.75, 3.05) is 12.3 Å². The van der Waals surface area contributed by atoms with Gasteiger partial charge in [-0.1, -0.05) is 19.1 Å². The molecule has 1 aromatic carbocycles. The SMILES string of the molecule is CC1CC(C)N(Cc2cccc(N)c2Br)C1. The van der Waals surface area contributed by atoms with E-state index in [1.54, 1.807) is 0 Å². The zero-order valence-corrected chi connectivity index (χ0v) is 11.5. The average molecular weight is 283 g/mol. The lowest BCUT2D eigenvalue weighted by molar-refractivity contribution is 0.256. The Balaban J connectivity index is 2.12. The highest BCUT2D eigenvalue weighted by molar-refractivity contribution is 9.10. The van der Waals surface area contributed by atoms with E-state index in [9.17, 15) is 0 Å². The average Bonchev–Trinajstić information content (AvgIpc) is 2.53. The summed E-state index contributed by atoms with van der Waals surface area (Å²) in [7, 11) is 0. The van der Waals surface area contributed by atoms with Gasteiger partial charge in [0.1, 0.15) is 0 Å². The van der Waals surface area contributed by atoms with E-state index in [1.807, 2.05) is 12.1 Å². The molecule has 2 N–H and O–H groups in total. The summed E-state index contributed by atoms with van der Waals surface area (Å²) < 4.78 is 1.06. The molecule has 0 aromatic heterocycles. The molecule has 16 heavy (non-hydrogen) atoms. The summed E-state index contributed by atoms with van der Waals surface area (Å²) in [5.74, 6) is 0.815. The predicted molar refractivity (Wildman–Crippen MR) is 72.2 cm³/mol. The minimum Gasteiger partial charge on any atom is -0.398 e. The maximum Gasteiger partial charge on any atom is 0.0461 e. The van der Waals surface area contributed by atoms with E-state index >= 15 is 0 Å². The molecule has 3 heteroatoms. The number of halogens is 1. The highest BCUT2D eigenvalue weighted by atomic mass is 79.9. The number of anilines is 1. The van der Waals surface area contributed by atoms with Gasteiger partial charge >= 0.3 is 0 Å². The van der Waals surface area contributed by atoms with Gasteiger partial charge in [0.05, 0.1) is 0 Å². The first kappa shape index (κ1) is 11.9. The molecule has 0 spiro atoms. The largest absolute Gasteiger partial charge is 0.398 e. The molecule has 2 nitrogen and oxygen atoms in total. The maximum atomic E-state index is 5.89. The molecule has 1 aliphatic rings. The molecule has 2 unspecified atom stereocenters. The summed E-state index contributed by atoms with van der Waals surface area (Å²) in [5.41, 5.74) is 8.01. The van der Waals surface area contributed by atoms with Gasteiger partial charge in [-0.05, 0) is 46.8 Å². The van der Waals surface area contributed by atoms with E-state index in [-0.39, 0.29) is 0 Å². The Morgan fingerprint density at radius 2 is 2.19 bits per heavy atom. The fraction of sp³-hybridized carbons (Fsp3) is 0.538. The Labute approximate surface area is 106 Å². The molecule has 1 heterocycles. The molecule has 0 amide bonds. The third-order valence-electron chi connectivity index (χ3n) is 3.40. The van der Waals surface area contributed by atoms with E-state index in [4.69, 9.17) is 5.73 Å². The molecule has 1 saturated heterocycles. The van der Waals surface area contributed by atoms with Crippen molar-refractivity contribution in [3.63, 3.8) is 0 Å². The molecule has 0 bridgehead atoms. The van der Waals surface area contributed by atoms with E-state index in [0.717, 1.165) is 22.6 Å². The highest BCUT2D eigenvalue weighted by Gasteiger charge is 2.26. The van der Waals surface area contributed by atoms with Crippen molar-refractivity contribution in [3.05, 3.63) is 28.2 Å². The molecule has 1 fully saturated rings. The van der Waals surface area contributed by atoms with Crippen molar-refractivity contribution < 1.29 is 0 Å². The van der Waals surface area contributed by atoms with E-state index in [2.05, 4.69) is 40.7 Å². The van der Waals surface area contributed by atoms with Crippen LogP contribution in [0, 0.1) is 5.92 Å². The second kappa shape index (κ2) is 4.76. The minimum atomic E-state index is 0.684. The monoisotopic (exact) mass is 282 g/mol. The fourth-order valence-corrected chi connectivity index (χ4v) is 2.94. The number of nitrogens with zero attached hydrogens (tertiary/aromatic N) is 1. The summed E-state index contributed by atoms with van der Waals surface area (Å²) in [6.45, 7) is 6.83. The van der Waals surface area contributed by atoms with Crippen molar-refractivity contribution >= 4 is 21.6 Å². The smallest absolute Gasteiger partial charge is 0.0461 e. The van der Waals surface area contributed by atoms with Gasteiger partial charge in [0.25, 0.3) is 0 Å². The summed E-state index contributed by atoms with van der Waals surface area (Å²) in [6.07, 6.45) is 1.31. The van der Waals surface area contributed by atoms with E-state index in [1.165, 1.54) is 18.5 Å². The lowest BCUT2D eigenvalue weighted by Crippen LogP contribution is -2.26. The molecule has 2 atom stereocenters. The van der Waals surface area contributed by atoms with Gasteiger partial charge in [0, 0.05) is 29.3 Å². The van der Waals surface area contributed by atoms with Crippen LogP contribution in [0.15, 0.2) is 22.7 Å². The summed E-state index contributed by atoms with van der Waals surface area (Å²) in [4.78, 5) is 2.53. The molecule has 0 radical (unpaired) electrons. The van der Waals surface area contributed by atoms with Crippen molar-refractivity contribution in [2.45, 2.75) is 32.9 Å². The number of nitrogen functional groups attached to an aromatic ring is 1. The standard InChI is InChI=1S/C13H19BrN2/c1-9-6-10(2)16(7-9)8-11-4-3-5-12(15)13(11)14/h3-5,9-10H,6-8,15H2,1-2H3. The van der Waals surface area contributed by atoms with Crippen LogP contribution in [0.5, 0.6) is 0 Å². The molecule has 0 aliphatic carbocycles. The van der Waals surface area contributed by atoms with Crippen LogP contribution >= 0.6 is 15.9 Å². The van der Waals surface area contributed by atoms with Crippen LogP contribution in [0.25, 0.3) is 0 Å². The Hall–Kier alpha value is -0.540. The molecule has 88 valence electrons. The number of nitrogens with two attached hydrogens (primary N) is 1. The van der Waals surface area contributed by atoms with Crippen LogP contribution in [0.2, 0.25) is 0 Å². The van der Waals surface area contributed by atoms with Gasteiger partial charge in [-0.2, -0.15) is 0 Å². The second-order valence-corrected chi connectivity index (χ2v) is 5.73. The first-order chi connectivity index (χ1) is 7.58. The van der Waals surface area contributed by atoms with Crippen LogP contribution in [-0.2, 0) is 6.54 Å². The molecule has 0 saturated carbocycles. The third-order valence-corrected chi connectivity index (χ3v) is 4.36. The van der Waals surface area contributed by atoms with Gasteiger partial charge < -0.3 is 5.73 Å². The van der Waals surface area contributed by atoms with Crippen LogP contribution in [0.1, 0.15) is 25.8 Å². The Morgan fingerprint density at radius 3 is 2.81 bits per heavy atom. The van der Waals surface area contributed by atoms with Crippen molar-refractivity contribution in [1.82, 2.24) is 4.90 Å². The van der Waals surface area contributed by atoms with Crippen molar-refractivity contribution in [3.8, 4) is 0 Å². The van der Waals surface area contributed by atoms with E-state index in [0.29, 0.717) is 6.04 Å². The van der Waals surface area contributed by atoms with Crippen LogP contribution in [0.4, 0.5) is 5.69 Å². The lowest BCUT2D eigenvalue weighted by Gasteiger charge is -2.22. The predicted octanol–water partition coefficient (Wildman–Crippen LogP) is 3.26. The zero-order valence-electron chi connectivity index (χ0n) is 9.91. The summed E-state index contributed by atoms with van der Waals surface area (Å²) >= 11 is 3.57. The van der Waals surface area contributed by atoms with Crippen molar-refractivity contribution in [2.24, 2.45) is 5.92 Å². The van der Waals surface area contributed by atoms with Crippen LogP contribution < -0.4 is 5.73 Å².